The minimum absolute atomic E-state index is 0.0409. The van der Waals surface area contributed by atoms with Crippen molar-refractivity contribution in [2.75, 3.05) is 7.11 Å². The quantitative estimate of drug-likeness (QED) is 0.637. The van der Waals surface area contributed by atoms with Crippen molar-refractivity contribution in [3.63, 3.8) is 0 Å². The fourth-order valence-electron chi connectivity index (χ4n) is 2.56. The van der Waals surface area contributed by atoms with Gasteiger partial charge in [0, 0.05) is 12.5 Å². The second-order valence-electron chi connectivity index (χ2n) is 5.39. The first kappa shape index (κ1) is 15.7. The van der Waals surface area contributed by atoms with E-state index in [2.05, 4.69) is 0 Å². The van der Waals surface area contributed by atoms with Gasteiger partial charge < -0.3 is 24.5 Å². The maximum Gasteiger partial charge on any atom is 0.196 e. The molecule has 1 heterocycles. The van der Waals surface area contributed by atoms with Gasteiger partial charge >= 0.3 is 0 Å². The van der Waals surface area contributed by atoms with Crippen LogP contribution in [0.3, 0.4) is 0 Å². The summed E-state index contributed by atoms with van der Waals surface area (Å²) in [5, 5.41) is 29.0. The topological polar surface area (TPSA) is 100 Å². The molecule has 0 aliphatic heterocycles. The van der Waals surface area contributed by atoms with Gasteiger partial charge in [0.25, 0.3) is 0 Å². The molecule has 0 unspecified atom stereocenters. The average Bonchev–Trinajstić information content (AvgIpc) is 2.56. The van der Waals surface area contributed by atoms with Gasteiger partial charge in [-0.25, -0.2) is 0 Å². The van der Waals surface area contributed by atoms with E-state index in [1.54, 1.807) is 12.1 Å². The van der Waals surface area contributed by atoms with Crippen molar-refractivity contribution in [3.8, 4) is 23.0 Å². The first-order valence-electron chi connectivity index (χ1n) is 7.33. The van der Waals surface area contributed by atoms with E-state index in [9.17, 15) is 20.1 Å². The van der Waals surface area contributed by atoms with E-state index in [4.69, 9.17) is 9.15 Å². The molecule has 2 aromatic carbocycles. The molecular weight excluding hydrogens is 312 g/mol. The third-order valence-electron chi connectivity index (χ3n) is 3.80. The lowest BCUT2D eigenvalue weighted by Crippen LogP contribution is -2.03. The molecular formula is C18H16O6. The van der Waals surface area contributed by atoms with Crippen molar-refractivity contribution >= 4 is 11.0 Å². The van der Waals surface area contributed by atoms with Gasteiger partial charge in [-0.1, -0.05) is 6.07 Å². The molecule has 0 radical (unpaired) electrons. The number of fused-ring (bicyclic) bond motifs is 1. The normalized spacial score (nSPS) is 10.9. The van der Waals surface area contributed by atoms with Gasteiger partial charge in [0.15, 0.2) is 28.4 Å². The fraction of sp³-hybridized carbons (Fsp3) is 0.167. The van der Waals surface area contributed by atoms with Crippen LogP contribution in [0, 0.1) is 0 Å². The lowest BCUT2D eigenvalue weighted by Gasteiger charge is -2.07. The molecule has 6 heteroatoms. The van der Waals surface area contributed by atoms with E-state index < -0.39 is 11.2 Å². The number of hydrogen-bond donors (Lipinski definition) is 3. The van der Waals surface area contributed by atoms with Crippen molar-refractivity contribution in [2.45, 2.75) is 12.8 Å². The Morgan fingerprint density at radius 1 is 1.00 bits per heavy atom. The Labute approximate surface area is 137 Å². The molecule has 124 valence electrons. The third-order valence-corrected chi connectivity index (χ3v) is 3.80. The summed E-state index contributed by atoms with van der Waals surface area (Å²) < 4.78 is 10.6. The second kappa shape index (κ2) is 6.16. The Bertz CT molecular complexity index is 958. The number of methoxy groups -OCH3 is 1. The van der Waals surface area contributed by atoms with Gasteiger partial charge in [-0.2, -0.15) is 0 Å². The van der Waals surface area contributed by atoms with E-state index in [-0.39, 0.29) is 22.5 Å². The number of aryl methyl sites for hydroxylation is 2. The summed E-state index contributed by atoms with van der Waals surface area (Å²) in [6, 6.07) is 9.09. The van der Waals surface area contributed by atoms with Gasteiger partial charge in [-0.3, -0.25) is 4.79 Å². The van der Waals surface area contributed by atoms with Gasteiger partial charge in [-0.05, 0) is 36.2 Å². The Morgan fingerprint density at radius 2 is 1.79 bits per heavy atom. The molecule has 0 atom stereocenters. The molecule has 0 amide bonds. The highest BCUT2D eigenvalue weighted by Crippen LogP contribution is 2.32. The largest absolute Gasteiger partial charge is 0.504 e. The summed E-state index contributed by atoms with van der Waals surface area (Å²) in [7, 11) is 1.48. The lowest BCUT2D eigenvalue weighted by molar-refractivity contribution is 0.373. The Balaban J connectivity index is 1.87. The van der Waals surface area contributed by atoms with Crippen LogP contribution >= 0.6 is 0 Å². The number of hydrogen-bond acceptors (Lipinski definition) is 6. The first-order valence-corrected chi connectivity index (χ1v) is 7.33. The molecule has 3 aromatic rings. The standard InChI is InChI=1S/C18H16O6/c1-23-15-6-3-10(8-13(15)20)2-4-11-9-14(21)17-16(24-11)7-5-12(19)18(17)22/h3,5-9,19-20,22H,2,4H2,1H3. The number of rotatable bonds is 4. The van der Waals surface area contributed by atoms with Crippen LogP contribution in [-0.2, 0) is 12.8 Å². The SMILES string of the molecule is COc1ccc(CCc2cc(=O)c3c(O)c(O)ccc3o2)cc1O. The molecule has 0 fully saturated rings. The summed E-state index contributed by atoms with van der Waals surface area (Å²) >= 11 is 0. The number of phenolic OH excluding ortho intramolecular Hbond substituents is 3. The molecule has 24 heavy (non-hydrogen) atoms. The maximum absolute atomic E-state index is 12.1. The molecule has 0 bridgehead atoms. The highest BCUT2D eigenvalue weighted by Gasteiger charge is 2.12. The number of aromatic hydroxyl groups is 3. The van der Waals surface area contributed by atoms with E-state index >= 15 is 0 Å². The van der Waals surface area contributed by atoms with E-state index in [1.807, 2.05) is 6.07 Å². The van der Waals surface area contributed by atoms with E-state index in [1.165, 1.54) is 25.3 Å². The zero-order chi connectivity index (χ0) is 17.3. The van der Waals surface area contributed by atoms with Crippen molar-refractivity contribution < 1.29 is 24.5 Å². The molecule has 0 saturated heterocycles. The summed E-state index contributed by atoms with van der Waals surface area (Å²) in [5.74, 6) is 0.0543. The molecule has 0 aliphatic carbocycles. The van der Waals surface area contributed by atoms with Crippen LogP contribution in [0.1, 0.15) is 11.3 Å². The highest BCUT2D eigenvalue weighted by molar-refractivity contribution is 5.85. The summed E-state index contributed by atoms with van der Waals surface area (Å²) in [6.07, 6.45) is 0.995. The number of ether oxygens (including phenoxy) is 1. The van der Waals surface area contributed by atoms with Crippen molar-refractivity contribution in [2.24, 2.45) is 0 Å². The minimum atomic E-state index is -0.479. The van der Waals surface area contributed by atoms with E-state index in [0.717, 1.165) is 5.56 Å². The van der Waals surface area contributed by atoms with Gasteiger partial charge in [0.1, 0.15) is 16.7 Å². The molecule has 0 aliphatic rings. The van der Waals surface area contributed by atoms with Gasteiger partial charge in [0.2, 0.25) is 0 Å². The maximum atomic E-state index is 12.1. The summed E-state index contributed by atoms with van der Waals surface area (Å²) in [4.78, 5) is 12.1. The summed E-state index contributed by atoms with van der Waals surface area (Å²) in [6.45, 7) is 0. The average molecular weight is 328 g/mol. The molecule has 0 saturated carbocycles. The van der Waals surface area contributed by atoms with E-state index in [0.29, 0.717) is 24.4 Å². The molecule has 1 aromatic heterocycles. The second-order valence-corrected chi connectivity index (χ2v) is 5.39. The van der Waals surface area contributed by atoms with Crippen LogP contribution < -0.4 is 10.2 Å². The zero-order valence-corrected chi connectivity index (χ0v) is 12.9. The predicted molar refractivity (Wildman–Crippen MR) is 87.9 cm³/mol. The van der Waals surface area contributed by atoms with Crippen molar-refractivity contribution in [3.05, 3.63) is 57.9 Å². The zero-order valence-electron chi connectivity index (χ0n) is 12.9. The van der Waals surface area contributed by atoms with Crippen molar-refractivity contribution in [1.82, 2.24) is 0 Å². The summed E-state index contributed by atoms with van der Waals surface area (Å²) in [5.41, 5.74) is 0.659. The Kier molecular flexibility index (Phi) is 4.04. The molecule has 0 spiro atoms. The highest BCUT2D eigenvalue weighted by atomic mass is 16.5. The Hall–Kier alpha value is -3.15. The lowest BCUT2D eigenvalue weighted by atomic mass is 10.1. The molecule has 6 nitrogen and oxygen atoms in total. The fourth-order valence-corrected chi connectivity index (χ4v) is 2.56. The number of phenols is 3. The van der Waals surface area contributed by atoms with Crippen LogP contribution in [0.25, 0.3) is 11.0 Å². The number of benzene rings is 2. The van der Waals surface area contributed by atoms with Crippen LogP contribution in [0.4, 0.5) is 0 Å². The van der Waals surface area contributed by atoms with Gasteiger partial charge in [-0.15, -0.1) is 0 Å². The van der Waals surface area contributed by atoms with Crippen molar-refractivity contribution in [1.29, 1.82) is 0 Å². The van der Waals surface area contributed by atoms with Crippen LogP contribution in [0.5, 0.6) is 23.0 Å². The van der Waals surface area contributed by atoms with Crippen LogP contribution in [0.15, 0.2) is 45.6 Å². The first-order chi connectivity index (χ1) is 11.5. The molecule has 3 N–H and O–H groups in total. The monoisotopic (exact) mass is 328 g/mol. The Morgan fingerprint density at radius 3 is 2.50 bits per heavy atom. The van der Waals surface area contributed by atoms with Gasteiger partial charge in [0.05, 0.1) is 7.11 Å². The van der Waals surface area contributed by atoms with Crippen LogP contribution in [0.2, 0.25) is 0 Å². The van der Waals surface area contributed by atoms with Crippen LogP contribution in [-0.4, -0.2) is 22.4 Å². The minimum Gasteiger partial charge on any atom is -0.504 e. The predicted octanol–water partition coefficient (Wildman–Crippen LogP) is 2.70. The smallest absolute Gasteiger partial charge is 0.196 e. The molecule has 3 rings (SSSR count). The third kappa shape index (κ3) is 2.86.